The number of nitrogens with one attached hydrogen (secondary N) is 1. The van der Waals surface area contributed by atoms with Gasteiger partial charge in [-0.25, -0.2) is 0 Å². The van der Waals surface area contributed by atoms with Crippen LogP contribution in [0.4, 0.5) is 0 Å². The molecule has 0 aliphatic heterocycles. The Balaban J connectivity index is 1.86. The number of aromatic nitrogens is 2. The van der Waals surface area contributed by atoms with Crippen LogP contribution in [0.2, 0.25) is 0 Å². The fourth-order valence-electron chi connectivity index (χ4n) is 2.23. The minimum Gasteiger partial charge on any atom is -0.618 e. The maximum Gasteiger partial charge on any atom is 0.252 e. The summed E-state index contributed by atoms with van der Waals surface area (Å²) < 4.78 is 0.781. The van der Waals surface area contributed by atoms with E-state index in [0.717, 1.165) is 15.6 Å². The van der Waals surface area contributed by atoms with Crippen molar-refractivity contribution >= 4 is 28.4 Å². The topological polar surface area (TPSA) is 59.8 Å². The number of H-pyrrole nitrogens is 1. The van der Waals surface area contributed by atoms with E-state index in [1.54, 1.807) is 24.4 Å². The number of hydrogen-bond donors (Lipinski definition) is 1. The van der Waals surface area contributed by atoms with Crippen LogP contribution in [0.3, 0.4) is 0 Å². The summed E-state index contributed by atoms with van der Waals surface area (Å²) in [5, 5.41) is 12.8. The Kier molecular flexibility index (Phi) is 3.66. The molecule has 0 saturated heterocycles. The van der Waals surface area contributed by atoms with Gasteiger partial charge < -0.3 is 10.2 Å². The molecule has 1 aromatic carbocycles. The van der Waals surface area contributed by atoms with Gasteiger partial charge in [0.1, 0.15) is 0 Å². The summed E-state index contributed by atoms with van der Waals surface area (Å²) in [6.45, 7) is 1.82. The maximum atomic E-state index is 12.6. The van der Waals surface area contributed by atoms with Gasteiger partial charge in [0, 0.05) is 34.8 Å². The average Bonchev–Trinajstić information content (AvgIpc) is 2.92. The Morgan fingerprint density at radius 3 is 2.81 bits per heavy atom. The zero-order chi connectivity index (χ0) is 14.8. The van der Waals surface area contributed by atoms with Crippen LogP contribution in [0.25, 0.3) is 10.9 Å². The molecule has 1 N–H and O–H groups in total. The SMILES string of the molecule is C[C@@H](Sc1cccc[n+]1[O-])C(=O)c1c[nH]c2ccccc12. The second-order valence-corrected chi connectivity index (χ2v) is 6.10. The maximum absolute atomic E-state index is 12.6. The molecular formula is C16H14N2O2S. The zero-order valence-electron chi connectivity index (χ0n) is 11.4. The van der Waals surface area contributed by atoms with Crippen LogP contribution in [0, 0.1) is 5.21 Å². The number of benzene rings is 1. The van der Waals surface area contributed by atoms with Gasteiger partial charge >= 0.3 is 0 Å². The third kappa shape index (κ3) is 2.64. The van der Waals surface area contributed by atoms with Crippen molar-refractivity contribution in [2.24, 2.45) is 0 Å². The van der Waals surface area contributed by atoms with Crippen molar-refractivity contribution in [2.75, 3.05) is 0 Å². The van der Waals surface area contributed by atoms with Crippen LogP contribution in [0.1, 0.15) is 17.3 Å². The van der Waals surface area contributed by atoms with Gasteiger partial charge in [-0.05, 0) is 30.8 Å². The predicted molar refractivity (Wildman–Crippen MR) is 83.4 cm³/mol. The Bertz CT molecular complexity index is 798. The van der Waals surface area contributed by atoms with Gasteiger partial charge in [-0.3, -0.25) is 4.79 Å². The molecule has 5 heteroatoms. The highest BCUT2D eigenvalue weighted by atomic mass is 32.2. The molecule has 0 unspecified atom stereocenters. The standard InChI is InChI=1S/C16H14N2O2S/c1-11(21-15-8-4-5-9-18(15)20)16(19)13-10-17-14-7-3-2-6-12(13)14/h2-11,17H,1H3/t11-/m1/s1. The molecule has 1 atom stereocenters. The molecule has 2 heterocycles. The highest BCUT2D eigenvalue weighted by Crippen LogP contribution is 2.26. The Hall–Kier alpha value is -2.27. The normalized spacial score (nSPS) is 12.4. The number of para-hydroxylation sites is 1. The van der Waals surface area contributed by atoms with Crippen molar-refractivity contribution in [2.45, 2.75) is 17.2 Å². The summed E-state index contributed by atoms with van der Waals surface area (Å²) in [6.07, 6.45) is 3.17. The van der Waals surface area contributed by atoms with E-state index in [2.05, 4.69) is 4.98 Å². The molecule has 3 aromatic rings. The van der Waals surface area contributed by atoms with E-state index in [4.69, 9.17) is 0 Å². The van der Waals surface area contributed by atoms with E-state index >= 15 is 0 Å². The number of thioether (sulfide) groups is 1. The van der Waals surface area contributed by atoms with E-state index in [1.165, 1.54) is 18.0 Å². The van der Waals surface area contributed by atoms with E-state index < -0.39 is 0 Å². The average molecular weight is 298 g/mol. The first-order valence-corrected chi connectivity index (χ1v) is 7.50. The summed E-state index contributed by atoms with van der Waals surface area (Å²) in [4.78, 5) is 15.7. The fraction of sp³-hybridized carbons (Fsp3) is 0.125. The van der Waals surface area contributed by atoms with Gasteiger partial charge in [0.25, 0.3) is 5.03 Å². The Morgan fingerprint density at radius 1 is 1.24 bits per heavy atom. The molecule has 0 aliphatic carbocycles. The van der Waals surface area contributed by atoms with Gasteiger partial charge in [0.2, 0.25) is 0 Å². The van der Waals surface area contributed by atoms with Gasteiger partial charge in [0.05, 0.1) is 5.25 Å². The quantitative estimate of drug-likeness (QED) is 0.348. The van der Waals surface area contributed by atoms with E-state index in [9.17, 15) is 10.0 Å². The molecular weight excluding hydrogens is 284 g/mol. The molecule has 0 bridgehead atoms. The predicted octanol–water partition coefficient (Wildman–Crippen LogP) is 3.16. The number of aromatic amines is 1. The number of rotatable bonds is 4. The van der Waals surface area contributed by atoms with Crippen LogP contribution >= 0.6 is 11.8 Å². The third-order valence-corrected chi connectivity index (χ3v) is 4.44. The van der Waals surface area contributed by atoms with Crippen molar-refractivity contribution < 1.29 is 9.52 Å². The lowest BCUT2D eigenvalue weighted by Gasteiger charge is -2.09. The van der Waals surface area contributed by atoms with Gasteiger partial charge in [-0.2, -0.15) is 4.73 Å². The smallest absolute Gasteiger partial charge is 0.252 e. The summed E-state index contributed by atoms with van der Waals surface area (Å²) in [5.74, 6) is 0.0151. The zero-order valence-corrected chi connectivity index (χ0v) is 12.3. The molecule has 0 saturated carbocycles. The second kappa shape index (κ2) is 5.61. The highest BCUT2D eigenvalue weighted by Gasteiger charge is 2.22. The van der Waals surface area contributed by atoms with Crippen LogP contribution in [-0.4, -0.2) is 16.0 Å². The Morgan fingerprint density at radius 2 is 2.00 bits per heavy atom. The molecule has 0 fully saturated rings. The number of carbonyl (C=O) groups is 1. The van der Waals surface area contributed by atoms with E-state index in [-0.39, 0.29) is 11.0 Å². The van der Waals surface area contributed by atoms with Crippen molar-refractivity contribution in [3.63, 3.8) is 0 Å². The van der Waals surface area contributed by atoms with Crippen molar-refractivity contribution in [3.8, 4) is 0 Å². The summed E-state index contributed by atoms with van der Waals surface area (Å²) in [5.41, 5.74) is 1.61. The lowest BCUT2D eigenvalue weighted by molar-refractivity contribution is -0.645. The fourth-order valence-corrected chi connectivity index (χ4v) is 3.15. The second-order valence-electron chi connectivity index (χ2n) is 4.74. The number of fused-ring (bicyclic) bond motifs is 1. The molecule has 0 amide bonds. The number of Topliss-reactive ketones (excluding diaryl/α,β-unsaturated/α-hetero) is 1. The van der Waals surface area contributed by atoms with Gasteiger partial charge in [-0.15, -0.1) is 0 Å². The molecule has 2 aromatic heterocycles. The lowest BCUT2D eigenvalue weighted by atomic mass is 10.1. The number of carbonyl (C=O) groups excluding carboxylic acids is 1. The van der Waals surface area contributed by atoms with Crippen molar-refractivity contribution in [3.05, 3.63) is 65.6 Å². The Labute approximate surface area is 126 Å². The van der Waals surface area contributed by atoms with Crippen molar-refractivity contribution in [1.29, 1.82) is 0 Å². The molecule has 0 aliphatic rings. The minimum absolute atomic E-state index is 0.0151. The largest absolute Gasteiger partial charge is 0.618 e. The molecule has 106 valence electrons. The summed E-state index contributed by atoms with van der Waals surface area (Å²) in [7, 11) is 0. The number of ketones is 1. The third-order valence-electron chi connectivity index (χ3n) is 3.31. The minimum atomic E-state index is -0.327. The summed E-state index contributed by atoms with van der Waals surface area (Å²) in [6, 6.07) is 12.9. The highest BCUT2D eigenvalue weighted by molar-refractivity contribution is 8.00. The summed E-state index contributed by atoms with van der Waals surface area (Å²) >= 11 is 1.27. The molecule has 4 nitrogen and oxygen atoms in total. The number of hydrogen-bond acceptors (Lipinski definition) is 3. The van der Waals surface area contributed by atoms with Crippen LogP contribution < -0.4 is 4.73 Å². The molecule has 0 radical (unpaired) electrons. The van der Waals surface area contributed by atoms with E-state index in [0.29, 0.717) is 10.6 Å². The van der Waals surface area contributed by atoms with Crippen LogP contribution in [-0.2, 0) is 0 Å². The van der Waals surface area contributed by atoms with Crippen LogP contribution in [0.5, 0.6) is 0 Å². The van der Waals surface area contributed by atoms with Gasteiger partial charge in [0.15, 0.2) is 12.0 Å². The molecule has 21 heavy (non-hydrogen) atoms. The molecule has 0 spiro atoms. The van der Waals surface area contributed by atoms with Gasteiger partial charge in [-0.1, -0.05) is 18.2 Å². The first-order valence-electron chi connectivity index (χ1n) is 6.62. The number of nitrogens with zero attached hydrogens (tertiary/aromatic N) is 1. The monoisotopic (exact) mass is 298 g/mol. The van der Waals surface area contributed by atoms with Crippen LogP contribution in [0.15, 0.2) is 59.9 Å². The number of pyridine rings is 1. The first kappa shape index (κ1) is 13.7. The van der Waals surface area contributed by atoms with E-state index in [1.807, 2.05) is 31.2 Å². The lowest BCUT2D eigenvalue weighted by Crippen LogP contribution is -2.29. The molecule has 3 rings (SSSR count). The first-order chi connectivity index (χ1) is 10.2. The van der Waals surface area contributed by atoms with Crippen molar-refractivity contribution in [1.82, 2.24) is 4.98 Å².